The highest BCUT2D eigenvalue weighted by Crippen LogP contribution is 2.09. The molecule has 0 unspecified atom stereocenters. The molecule has 0 aromatic carbocycles. The number of thiocarbonyl (C=S) groups is 1. The average molecular weight is 289 g/mol. The molecule has 0 saturated heterocycles. The summed E-state index contributed by atoms with van der Waals surface area (Å²) in [5.74, 6) is 0.674. The minimum atomic E-state index is -0.164. The molecule has 0 amide bonds. The van der Waals surface area contributed by atoms with Crippen molar-refractivity contribution in [3.05, 3.63) is 22.4 Å². The number of ether oxygens (including phenoxy) is 1. The Morgan fingerprint density at radius 3 is 3.12 bits per heavy atom. The Morgan fingerprint density at radius 1 is 1.65 bits per heavy atom. The van der Waals surface area contributed by atoms with E-state index >= 15 is 0 Å². The first-order valence-corrected chi connectivity index (χ1v) is 7.54. The molecular formula is C11H15NO2S3. The first-order valence-electron chi connectivity index (χ1n) is 5.21. The molecule has 0 aliphatic heterocycles. The molecule has 0 atom stereocenters. The fourth-order valence-corrected chi connectivity index (χ4v) is 2.74. The van der Waals surface area contributed by atoms with E-state index in [1.54, 1.807) is 23.1 Å². The van der Waals surface area contributed by atoms with Gasteiger partial charge in [-0.05, 0) is 28.8 Å². The second-order valence-electron chi connectivity index (χ2n) is 3.30. The van der Waals surface area contributed by atoms with Crippen molar-refractivity contribution < 1.29 is 9.53 Å². The highest BCUT2D eigenvalue weighted by atomic mass is 32.2. The molecule has 0 aliphatic carbocycles. The van der Waals surface area contributed by atoms with Gasteiger partial charge in [0.05, 0.1) is 7.11 Å². The lowest BCUT2D eigenvalue weighted by molar-refractivity contribution is -0.140. The summed E-state index contributed by atoms with van der Waals surface area (Å²) in [4.78, 5) is 10.9. The van der Waals surface area contributed by atoms with E-state index in [1.165, 1.54) is 12.7 Å². The fraction of sp³-hybridized carbons (Fsp3) is 0.455. The third-order valence-corrected chi connectivity index (χ3v) is 4.13. The molecule has 1 heterocycles. The van der Waals surface area contributed by atoms with Crippen molar-refractivity contribution in [3.63, 3.8) is 0 Å². The van der Waals surface area contributed by atoms with Crippen LogP contribution in [0.1, 0.15) is 18.4 Å². The molecule has 0 aliphatic rings. The van der Waals surface area contributed by atoms with Gasteiger partial charge < -0.3 is 10.1 Å². The molecule has 0 saturated carbocycles. The predicted octanol–water partition coefficient (Wildman–Crippen LogP) is 2.81. The van der Waals surface area contributed by atoms with Crippen LogP contribution in [0.2, 0.25) is 0 Å². The minimum absolute atomic E-state index is 0.164. The highest BCUT2D eigenvalue weighted by Gasteiger charge is 2.02. The van der Waals surface area contributed by atoms with Gasteiger partial charge in [0.2, 0.25) is 0 Å². The molecular weight excluding hydrogens is 274 g/mol. The summed E-state index contributed by atoms with van der Waals surface area (Å²) in [5.41, 5.74) is 1.24. The van der Waals surface area contributed by atoms with Crippen molar-refractivity contribution in [1.29, 1.82) is 0 Å². The average Bonchev–Trinajstić information content (AvgIpc) is 2.84. The lowest BCUT2D eigenvalue weighted by atomic mass is 10.3. The molecule has 1 rings (SSSR count). The summed E-state index contributed by atoms with van der Waals surface area (Å²) in [6.45, 7) is 0.770. The number of hydrogen-bond donors (Lipinski definition) is 1. The Morgan fingerprint density at radius 2 is 2.47 bits per heavy atom. The van der Waals surface area contributed by atoms with Gasteiger partial charge in [-0.25, -0.2) is 0 Å². The zero-order valence-corrected chi connectivity index (χ0v) is 12.1. The van der Waals surface area contributed by atoms with Gasteiger partial charge in [-0.2, -0.15) is 11.3 Å². The number of hydrogen-bond acceptors (Lipinski definition) is 5. The first-order chi connectivity index (χ1) is 8.22. The Hall–Kier alpha value is -0.590. The smallest absolute Gasteiger partial charge is 0.305 e. The van der Waals surface area contributed by atoms with E-state index in [-0.39, 0.29) is 5.97 Å². The summed E-state index contributed by atoms with van der Waals surface area (Å²) in [6, 6.07) is 2.07. The van der Waals surface area contributed by atoms with Crippen LogP contribution in [0.25, 0.3) is 0 Å². The number of thiophene rings is 1. The minimum Gasteiger partial charge on any atom is -0.469 e. The van der Waals surface area contributed by atoms with Crippen molar-refractivity contribution in [1.82, 2.24) is 5.32 Å². The van der Waals surface area contributed by atoms with Gasteiger partial charge in [0.25, 0.3) is 0 Å². The van der Waals surface area contributed by atoms with Crippen LogP contribution in [0.3, 0.4) is 0 Å². The van der Waals surface area contributed by atoms with E-state index in [4.69, 9.17) is 12.2 Å². The summed E-state index contributed by atoms with van der Waals surface area (Å²) in [6.07, 6.45) is 1.24. The van der Waals surface area contributed by atoms with Crippen LogP contribution in [-0.4, -0.2) is 23.2 Å². The van der Waals surface area contributed by atoms with Gasteiger partial charge in [-0.1, -0.05) is 24.0 Å². The predicted molar refractivity (Wildman–Crippen MR) is 77.5 cm³/mol. The fourth-order valence-electron chi connectivity index (χ4n) is 1.10. The lowest BCUT2D eigenvalue weighted by Gasteiger charge is -2.05. The molecule has 0 radical (unpaired) electrons. The van der Waals surface area contributed by atoms with Crippen molar-refractivity contribution in [2.24, 2.45) is 0 Å². The second-order valence-corrected chi connectivity index (χ2v) is 5.85. The van der Waals surface area contributed by atoms with Crippen LogP contribution in [0, 0.1) is 0 Å². The summed E-state index contributed by atoms with van der Waals surface area (Å²) in [5, 5.41) is 7.31. The normalized spacial score (nSPS) is 9.94. The zero-order chi connectivity index (χ0) is 12.5. The second kappa shape index (κ2) is 8.49. The van der Waals surface area contributed by atoms with Gasteiger partial charge in [-0.15, -0.1) is 0 Å². The Kier molecular flexibility index (Phi) is 7.23. The van der Waals surface area contributed by atoms with E-state index in [0.717, 1.165) is 23.0 Å². The third kappa shape index (κ3) is 6.65. The van der Waals surface area contributed by atoms with Crippen molar-refractivity contribution >= 4 is 45.6 Å². The maximum Gasteiger partial charge on any atom is 0.305 e. The van der Waals surface area contributed by atoms with Crippen LogP contribution in [0.15, 0.2) is 16.8 Å². The van der Waals surface area contributed by atoms with Gasteiger partial charge in [-0.3, -0.25) is 4.79 Å². The summed E-state index contributed by atoms with van der Waals surface area (Å²) >= 11 is 8.42. The standard InChI is InChI=1S/C11H15NO2S3/c1-14-10(13)3-2-5-17-11(15)12-7-9-4-6-16-8-9/h4,6,8H,2-3,5,7H2,1H3,(H,12,15). The molecule has 94 valence electrons. The van der Waals surface area contributed by atoms with Crippen LogP contribution in [0.5, 0.6) is 0 Å². The zero-order valence-electron chi connectivity index (χ0n) is 9.60. The van der Waals surface area contributed by atoms with Gasteiger partial charge in [0.15, 0.2) is 0 Å². The number of nitrogens with one attached hydrogen (secondary N) is 1. The van der Waals surface area contributed by atoms with E-state index in [1.807, 2.05) is 5.38 Å². The van der Waals surface area contributed by atoms with Crippen molar-refractivity contribution in [3.8, 4) is 0 Å². The van der Waals surface area contributed by atoms with Gasteiger partial charge >= 0.3 is 5.97 Å². The SMILES string of the molecule is COC(=O)CCCSC(=S)NCc1ccsc1. The number of carbonyl (C=O) groups is 1. The topological polar surface area (TPSA) is 38.3 Å². The van der Waals surface area contributed by atoms with E-state index in [2.05, 4.69) is 21.5 Å². The van der Waals surface area contributed by atoms with Gasteiger partial charge in [0.1, 0.15) is 4.32 Å². The monoisotopic (exact) mass is 289 g/mol. The van der Waals surface area contributed by atoms with Crippen LogP contribution in [-0.2, 0) is 16.1 Å². The van der Waals surface area contributed by atoms with Crippen LogP contribution >= 0.6 is 35.3 Å². The quantitative estimate of drug-likeness (QED) is 0.495. The largest absolute Gasteiger partial charge is 0.469 e. The van der Waals surface area contributed by atoms with Crippen LogP contribution in [0.4, 0.5) is 0 Å². The van der Waals surface area contributed by atoms with Crippen LogP contribution < -0.4 is 5.32 Å². The Balaban J connectivity index is 2.03. The first kappa shape index (κ1) is 14.5. The Bertz CT molecular complexity index is 352. The number of thioether (sulfide) groups is 1. The maximum absolute atomic E-state index is 10.9. The Labute approximate surface area is 115 Å². The number of rotatable bonds is 6. The van der Waals surface area contributed by atoms with Gasteiger partial charge in [0, 0.05) is 18.7 Å². The third-order valence-electron chi connectivity index (χ3n) is 2.00. The molecule has 1 aromatic rings. The highest BCUT2D eigenvalue weighted by molar-refractivity contribution is 8.22. The number of methoxy groups -OCH3 is 1. The molecule has 3 nitrogen and oxygen atoms in total. The molecule has 0 fully saturated rings. The lowest BCUT2D eigenvalue weighted by Crippen LogP contribution is -2.17. The van der Waals surface area contributed by atoms with Crippen molar-refractivity contribution in [2.45, 2.75) is 19.4 Å². The number of esters is 1. The summed E-state index contributed by atoms with van der Waals surface area (Å²) in [7, 11) is 1.41. The number of carbonyl (C=O) groups excluding carboxylic acids is 1. The molecule has 1 N–H and O–H groups in total. The van der Waals surface area contributed by atoms with E-state index < -0.39 is 0 Å². The van der Waals surface area contributed by atoms with E-state index in [9.17, 15) is 4.79 Å². The van der Waals surface area contributed by atoms with E-state index in [0.29, 0.717) is 6.42 Å². The molecule has 6 heteroatoms. The molecule has 17 heavy (non-hydrogen) atoms. The van der Waals surface area contributed by atoms with Crippen molar-refractivity contribution in [2.75, 3.05) is 12.9 Å². The molecule has 1 aromatic heterocycles. The summed E-state index contributed by atoms with van der Waals surface area (Å²) < 4.78 is 5.34. The molecule has 0 bridgehead atoms. The maximum atomic E-state index is 10.9. The molecule has 0 spiro atoms.